The van der Waals surface area contributed by atoms with Gasteiger partial charge in [0.25, 0.3) is 5.91 Å². The number of carbonyl (C=O) groups is 1. The summed E-state index contributed by atoms with van der Waals surface area (Å²) in [5, 5.41) is 1.56. The summed E-state index contributed by atoms with van der Waals surface area (Å²) in [7, 11) is 0. The number of nitrogens with one attached hydrogen (secondary N) is 1. The second-order valence-electron chi connectivity index (χ2n) is 4.59. The Morgan fingerprint density at radius 1 is 1.22 bits per heavy atom. The minimum absolute atomic E-state index is 0.287. The van der Waals surface area contributed by atoms with Crippen LogP contribution in [0.3, 0.4) is 0 Å². The lowest BCUT2D eigenvalue weighted by atomic mass is 10.0. The van der Waals surface area contributed by atoms with Gasteiger partial charge in [-0.1, -0.05) is 34.8 Å². The molecule has 1 N–H and O–H groups in total. The molecule has 3 nitrogen and oxygen atoms in total. The van der Waals surface area contributed by atoms with Crippen LogP contribution in [0.5, 0.6) is 0 Å². The molecule has 1 amide bonds. The maximum absolute atomic E-state index is 12.1. The zero-order valence-corrected chi connectivity index (χ0v) is 12.6. The maximum atomic E-state index is 12.1. The summed E-state index contributed by atoms with van der Waals surface area (Å²) in [5.41, 5.74) is 2.77. The van der Waals surface area contributed by atoms with Gasteiger partial charge in [-0.3, -0.25) is 4.79 Å². The standard InChI is InChI=1S/C11H10Cl4N2O/c1-11(2)9(15)10(18)17(16-11)8-6(13)3-5(12)4-7(8)14/h3-4,9,16H,1-2H3. The molecule has 0 aliphatic carbocycles. The smallest absolute Gasteiger partial charge is 0.261 e. The summed E-state index contributed by atoms with van der Waals surface area (Å²) in [6.45, 7) is 3.64. The molecule has 18 heavy (non-hydrogen) atoms. The van der Waals surface area contributed by atoms with E-state index in [1.165, 1.54) is 17.1 Å². The molecule has 0 aromatic heterocycles. The van der Waals surface area contributed by atoms with E-state index in [4.69, 9.17) is 46.4 Å². The largest absolute Gasteiger partial charge is 0.271 e. The van der Waals surface area contributed by atoms with Crippen molar-refractivity contribution in [2.75, 3.05) is 5.01 Å². The van der Waals surface area contributed by atoms with Gasteiger partial charge in [0.1, 0.15) is 5.38 Å². The number of hydrogen-bond donors (Lipinski definition) is 1. The van der Waals surface area contributed by atoms with Crippen molar-refractivity contribution in [3.63, 3.8) is 0 Å². The van der Waals surface area contributed by atoms with E-state index in [1.54, 1.807) is 0 Å². The van der Waals surface area contributed by atoms with Crippen molar-refractivity contribution >= 4 is 58.0 Å². The topological polar surface area (TPSA) is 32.3 Å². The van der Waals surface area contributed by atoms with E-state index in [9.17, 15) is 4.79 Å². The van der Waals surface area contributed by atoms with E-state index in [0.29, 0.717) is 10.7 Å². The minimum Gasteiger partial charge on any atom is -0.271 e. The molecule has 1 unspecified atom stereocenters. The van der Waals surface area contributed by atoms with E-state index < -0.39 is 10.9 Å². The molecule has 2 rings (SSSR count). The number of hydrazine groups is 1. The number of halogens is 4. The number of rotatable bonds is 1. The van der Waals surface area contributed by atoms with E-state index in [1.807, 2.05) is 13.8 Å². The minimum atomic E-state index is -0.694. The summed E-state index contributed by atoms with van der Waals surface area (Å²) >= 11 is 24.1. The summed E-state index contributed by atoms with van der Waals surface area (Å²) in [4.78, 5) is 12.1. The fourth-order valence-electron chi connectivity index (χ4n) is 1.74. The van der Waals surface area contributed by atoms with Crippen LogP contribution in [0.15, 0.2) is 12.1 Å². The van der Waals surface area contributed by atoms with Gasteiger partial charge in [0.05, 0.1) is 21.3 Å². The van der Waals surface area contributed by atoms with Crippen LogP contribution in [-0.4, -0.2) is 16.8 Å². The predicted octanol–water partition coefficient (Wildman–Crippen LogP) is 3.88. The molecule has 1 atom stereocenters. The lowest BCUT2D eigenvalue weighted by Crippen LogP contribution is -2.44. The quantitative estimate of drug-likeness (QED) is 0.794. The van der Waals surface area contributed by atoms with Gasteiger partial charge >= 0.3 is 0 Å². The van der Waals surface area contributed by atoms with Gasteiger partial charge in [0.2, 0.25) is 0 Å². The Bertz CT molecular complexity index is 495. The molecule has 1 aromatic rings. The monoisotopic (exact) mass is 326 g/mol. The molecule has 0 spiro atoms. The molecule has 1 aliphatic heterocycles. The highest BCUT2D eigenvalue weighted by molar-refractivity contribution is 6.43. The second kappa shape index (κ2) is 4.73. The Morgan fingerprint density at radius 2 is 1.72 bits per heavy atom. The van der Waals surface area contributed by atoms with Crippen molar-refractivity contribution in [2.24, 2.45) is 0 Å². The Hall–Kier alpha value is -0.190. The molecule has 7 heteroatoms. The third-order valence-corrected chi connectivity index (χ3v) is 4.20. The van der Waals surface area contributed by atoms with Crippen molar-refractivity contribution in [2.45, 2.75) is 24.8 Å². The second-order valence-corrected chi connectivity index (χ2v) is 6.28. The third kappa shape index (κ3) is 2.30. The summed E-state index contributed by atoms with van der Waals surface area (Å²) in [5.74, 6) is -0.298. The van der Waals surface area contributed by atoms with Crippen molar-refractivity contribution in [3.8, 4) is 0 Å². The summed E-state index contributed by atoms with van der Waals surface area (Å²) in [6.07, 6.45) is 0. The van der Waals surface area contributed by atoms with Crippen molar-refractivity contribution < 1.29 is 4.79 Å². The number of amides is 1. The van der Waals surface area contributed by atoms with Crippen LogP contribution in [0.25, 0.3) is 0 Å². The highest BCUT2D eigenvalue weighted by Gasteiger charge is 2.46. The Labute approximate surface area is 125 Å². The van der Waals surface area contributed by atoms with Crippen LogP contribution >= 0.6 is 46.4 Å². The van der Waals surface area contributed by atoms with E-state index in [2.05, 4.69) is 5.43 Å². The predicted molar refractivity (Wildman–Crippen MR) is 75.8 cm³/mol. The number of nitrogens with zero attached hydrogens (tertiary/aromatic N) is 1. The average molecular weight is 328 g/mol. The molecule has 98 valence electrons. The number of carbonyl (C=O) groups excluding carboxylic acids is 1. The molecule has 1 saturated heterocycles. The number of hydrogen-bond acceptors (Lipinski definition) is 2. The maximum Gasteiger partial charge on any atom is 0.261 e. The fraction of sp³-hybridized carbons (Fsp3) is 0.364. The SMILES string of the molecule is CC1(C)NN(c2c(Cl)cc(Cl)cc2Cl)C(=O)C1Cl. The molecular formula is C11H10Cl4N2O. The zero-order valence-electron chi connectivity index (χ0n) is 9.60. The first kappa shape index (κ1) is 14.2. The van der Waals surface area contributed by atoms with Gasteiger partial charge in [-0.05, 0) is 26.0 Å². The molecule has 0 bridgehead atoms. The third-order valence-electron chi connectivity index (χ3n) is 2.68. The van der Waals surface area contributed by atoms with Crippen molar-refractivity contribution in [1.82, 2.24) is 5.43 Å². The Balaban J connectivity index is 2.49. The molecular weight excluding hydrogens is 318 g/mol. The van der Waals surface area contributed by atoms with Gasteiger partial charge in [-0.25, -0.2) is 10.4 Å². The van der Waals surface area contributed by atoms with Gasteiger partial charge in [-0.15, -0.1) is 11.6 Å². The highest BCUT2D eigenvalue weighted by Crippen LogP contribution is 2.39. The van der Waals surface area contributed by atoms with E-state index >= 15 is 0 Å². The van der Waals surface area contributed by atoms with Gasteiger partial charge in [0.15, 0.2) is 0 Å². The van der Waals surface area contributed by atoms with Gasteiger partial charge < -0.3 is 0 Å². The lowest BCUT2D eigenvalue weighted by molar-refractivity contribution is -0.117. The summed E-state index contributed by atoms with van der Waals surface area (Å²) < 4.78 is 0. The molecule has 0 saturated carbocycles. The molecule has 1 aromatic carbocycles. The number of benzene rings is 1. The van der Waals surface area contributed by atoms with Crippen LogP contribution < -0.4 is 10.4 Å². The fourth-order valence-corrected chi connectivity index (χ4v) is 2.87. The molecule has 1 heterocycles. The Kier molecular flexibility index (Phi) is 3.74. The average Bonchev–Trinajstić information content (AvgIpc) is 2.41. The first-order valence-electron chi connectivity index (χ1n) is 5.14. The number of alkyl halides is 1. The van der Waals surface area contributed by atoms with E-state index in [-0.39, 0.29) is 16.0 Å². The normalized spacial score (nSPS) is 22.7. The summed E-state index contributed by atoms with van der Waals surface area (Å²) in [6, 6.07) is 3.04. The van der Waals surface area contributed by atoms with Gasteiger partial charge in [0, 0.05) is 5.02 Å². The van der Waals surface area contributed by atoms with Crippen LogP contribution in [0.2, 0.25) is 15.1 Å². The van der Waals surface area contributed by atoms with Gasteiger partial charge in [-0.2, -0.15) is 0 Å². The first-order chi connectivity index (χ1) is 8.24. The zero-order chi connectivity index (χ0) is 13.7. The molecule has 1 fully saturated rings. The van der Waals surface area contributed by atoms with Crippen molar-refractivity contribution in [1.29, 1.82) is 0 Å². The van der Waals surface area contributed by atoms with Crippen molar-refractivity contribution in [3.05, 3.63) is 27.2 Å². The van der Waals surface area contributed by atoms with Crippen LogP contribution in [0.4, 0.5) is 5.69 Å². The highest BCUT2D eigenvalue weighted by atomic mass is 35.5. The van der Waals surface area contributed by atoms with E-state index in [0.717, 1.165) is 0 Å². The molecule has 0 radical (unpaired) electrons. The Morgan fingerprint density at radius 3 is 2.11 bits per heavy atom. The first-order valence-corrected chi connectivity index (χ1v) is 6.71. The van der Waals surface area contributed by atoms with Crippen LogP contribution in [0, 0.1) is 0 Å². The van der Waals surface area contributed by atoms with Crippen LogP contribution in [0.1, 0.15) is 13.8 Å². The number of anilines is 1. The lowest BCUT2D eigenvalue weighted by Gasteiger charge is -2.23. The molecule has 1 aliphatic rings. The van der Waals surface area contributed by atoms with Crippen LogP contribution in [-0.2, 0) is 4.79 Å².